The Morgan fingerprint density at radius 1 is 0.913 bits per heavy atom. The van der Waals surface area contributed by atoms with Crippen LogP contribution in [0.2, 0.25) is 0 Å². The Balaban J connectivity index is 0.000000409. The number of aryl methyl sites for hydroxylation is 1. The van der Waals surface area contributed by atoms with Crippen LogP contribution in [0.1, 0.15) is 24.5 Å². The van der Waals surface area contributed by atoms with Crippen LogP contribution in [-0.4, -0.2) is 27.7 Å². The number of aromatic hydroxyl groups is 1. The summed E-state index contributed by atoms with van der Waals surface area (Å²) in [5, 5.41) is 26.1. The summed E-state index contributed by atoms with van der Waals surface area (Å²) in [5.74, 6) is 0.319. The fourth-order valence-corrected chi connectivity index (χ4v) is 1.88. The smallest absolute Gasteiger partial charge is 0.155 e. The molecule has 0 saturated heterocycles. The molecule has 1 atom stereocenters. The molecule has 0 saturated carbocycles. The number of phenolic OH excluding ortho intramolecular Hbond substituents is 1. The molecule has 0 heterocycles. The van der Waals surface area contributed by atoms with Crippen LogP contribution in [-0.2, 0) is 12.8 Å². The molecule has 0 spiro atoms. The van der Waals surface area contributed by atoms with Crippen LogP contribution in [0.15, 0.2) is 54.6 Å². The summed E-state index contributed by atoms with van der Waals surface area (Å²) in [6.07, 6.45) is 1.05. The van der Waals surface area contributed by atoms with Gasteiger partial charge in [0.05, 0.1) is 0 Å². The SMILES string of the molecule is CC(N)CCc1ccc(O)cc1.Cl.OC(O)Cc1ccccc1. The van der Waals surface area contributed by atoms with E-state index in [0.717, 1.165) is 18.4 Å². The van der Waals surface area contributed by atoms with Crippen molar-refractivity contribution in [3.63, 3.8) is 0 Å². The van der Waals surface area contributed by atoms with Crippen LogP contribution >= 0.6 is 12.4 Å². The zero-order valence-corrected chi connectivity index (χ0v) is 14.1. The second kappa shape index (κ2) is 11.9. The summed E-state index contributed by atoms with van der Waals surface area (Å²) in [7, 11) is 0. The average molecular weight is 340 g/mol. The predicted molar refractivity (Wildman–Crippen MR) is 95.7 cm³/mol. The molecule has 5 heteroatoms. The lowest BCUT2D eigenvalue weighted by molar-refractivity contribution is -0.0381. The molecule has 0 aliphatic rings. The van der Waals surface area contributed by atoms with Crippen LogP contribution < -0.4 is 5.73 Å². The Labute approximate surface area is 144 Å². The quantitative estimate of drug-likeness (QED) is 0.631. The topological polar surface area (TPSA) is 86.7 Å². The van der Waals surface area contributed by atoms with Crippen LogP contribution in [0.25, 0.3) is 0 Å². The normalized spacial score (nSPS) is 11.2. The third-order valence-electron chi connectivity index (χ3n) is 3.09. The highest BCUT2D eigenvalue weighted by Gasteiger charge is 1.97. The minimum atomic E-state index is -1.23. The van der Waals surface area contributed by atoms with Crippen molar-refractivity contribution in [2.45, 2.75) is 38.5 Å². The maximum absolute atomic E-state index is 9.01. The number of aliphatic hydroxyl groups is 2. The molecular weight excluding hydrogens is 314 g/mol. The number of rotatable bonds is 5. The van der Waals surface area contributed by atoms with Crippen LogP contribution in [0, 0.1) is 0 Å². The number of phenols is 1. The molecule has 5 N–H and O–H groups in total. The van der Waals surface area contributed by atoms with Gasteiger partial charge in [-0.1, -0.05) is 42.5 Å². The number of nitrogens with two attached hydrogens (primary N) is 1. The summed E-state index contributed by atoms with van der Waals surface area (Å²) in [5.41, 5.74) is 7.79. The highest BCUT2D eigenvalue weighted by Crippen LogP contribution is 2.11. The molecule has 0 amide bonds. The lowest BCUT2D eigenvalue weighted by Gasteiger charge is -2.04. The van der Waals surface area contributed by atoms with Gasteiger partial charge >= 0.3 is 0 Å². The molecular formula is C18H26ClNO3. The molecule has 0 aliphatic carbocycles. The van der Waals surface area contributed by atoms with Gasteiger partial charge in [-0.3, -0.25) is 0 Å². The maximum atomic E-state index is 9.01. The maximum Gasteiger partial charge on any atom is 0.155 e. The average Bonchev–Trinajstić information content (AvgIpc) is 2.48. The summed E-state index contributed by atoms with van der Waals surface area (Å²) < 4.78 is 0. The molecule has 2 aromatic rings. The molecule has 0 bridgehead atoms. The summed E-state index contributed by atoms with van der Waals surface area (Å²) in [6, 6.07) is 16.9. The van der Waals surface area contributed by atoms with Crippen LogP contribution in [0.3, 0.4) is 0 Å². The Kier molecular flexibility index (Phi) is 11.1. The molecule has 0 aromatic heterocycles. The third-order valence-corrected chi connectivity index (χ3v) is 3.09. The van der Waals surface area contributed by atoms with E-state index in [0.29, 0.717) is 12.2 Å². The monoisotopic (exact) mass is 339 g/mol. The Hall–Kier alpha value is -1.59. The van der Waals surface area contributed by atoms with E-state index in [1.54, 1.807) is 12.1 Å². The first-order valence-electron chi connectivity index (χ1n) is 7.41. The minimum Gasteiger partial charge on any atom is -0.508 e. The van der Waals surface area contributed by atoms with Gasteiger partial charge in [0, 0.05) is 12.5 Å². The zero-order valence-electron chi connectivity index (χ0n) is 13.3. The van der Waals surface area contributed by atoms with E-state index in [-0.39, 0.29) is 18.4 Å². The van der Waals surface area contributed by atoms with Gasteiger partial charge in [-0.2, -0.15) is 0 Å². The van der Waals surface area contributed by atoms with Crippen molar-refractivity contribution < 1.29 is 15.3 Å². The largest absolute Gasteiger partial charge is 0.508 e. The molecule has 2 aromatic carbocycles. The zero-order chi connectivity index (χ0) is 16.4. The summed E-state index contributed by atoms with van der Waals surface area (Å²) >= 11 is 0. The molecule has 4 nitrogen and oxygen atoms in total. The third kappa shape index (κ3) is 10.7. The van der Waals surface area contributed by atoms with Gasteiger partial charge in [0.25, 0.3) is 0 Å². The number of benzene rings is 2. The van der Waals surface area contributed by atoms with Gasteiger partial charge in [0.1, 0.15) is 5.75 Å². The van der Waals surface area contributed by atoms with Crippen LogP contribution in [0.5, 0.6) is 5.75 Å². The van der Waals surface area contributed by atoms with E-state index in [4.69, 9.17) is 21.1 Å². The van der Waals surface area contributed by atoms with E-state index in [2.05, 4.69) is 0 Å². The Morgan fingerprint density at radius 2 is 1.48 bits per heavy atom. The van der Waals surface area contributed by atoms with Gasteiger partial charge in [-0.05, 0) is 43.0 Å². The first-order chi connectivity index (χ1) is 10.5. The van der Waals surface area contributed by atoms with Gasteiger partial charge in [0.15, 0.2) is 6.29 Å². The number of hydrogen-bond acceptors (Lipinski definition) is 4. The van der Waals surface area contributed by atoms with Gasteiger partial charge in [-0.25, -0.2) is 0 Å². The lowest BCUT2D eigenvalue weighted by atomic mass is 10.1. The minimum absolute atomic E-state index is 0. The van der Waals surface area contributed by atoms with E-state index < -0.39 is 6.29 Å². The van der Waals surface area contributed by atoms with Crippen molar-refractivity contribution in [2.75, 3.05) is 0 Å². The van der Waals surface area contributed by atoms with Crippen molar-refractivity contribution >= 4 is 12.4 Å². The summed E-state index contributed by atoms with van der Waals surface area (Å²) in [4.78, 5) is 0. The first-order valence-corrected chi connectivity index (χ1v) is 7.41. The van der Waals surface area contributed by atoms with Gasteiger partial charge in [-0.15, -0.1) is 12.4 Å². The summed E-state index contributed by atoms with van der Waals surface area (Å²) in [6.45, 7) is 2.00. The molecule has 23 heavy (non-hydrogen) atoms. The van der Waals surface area contributed by atoms with Crippen LogP contribution in [0.4, 0.5) is 0 Å². The van der Waals surface area contributed by atoms with E-state index >= 15 is 0 Å². The van der Waals surface area contributed by atoms with Gasteiger partial charge in [0.2, 0.25) is 0 Å². The number of halogens is 1. The lowest BCUT2D eigenvalue weighted by Crippen LogP contribution is -2.15. The molecule has 0 fully saturated rings. The number of aliphatic hydroxyl groups excluding tert-OH is 1. The highest BCUT2D eigenvalue weighted by molar-refractivity contribution is 5.85. The molecule has 0 aliphatic heterocycles. The molecule has 1 unspecified atom stereocenters. The first kappa shape index (κ1) is 21.4. The van der Waals surface area contributed by atoms with Crippen molar-refractivity contribution in [2.24, 2.45) is 5.73 Å². The second-order valence-corrected chi connectivity index (χ2v) is 5.35. The van der Waals surface area contributed by atoms with Crippen molar-refractivity contribution in [1.82, 2.24) is 0 Å². The number of hydrogen-bond donors (Lipinski definition) is 4. The van der Waals surface area contributed by atoms with Crippen molar-refractivity contribution in [1.29, 1.82) is 0 Å². The standard InChI is InChI=1S/C10H15NO.C8H10O2.ClH/c1-8(11)2-3-9-4-6-10(12)7-5-9;9-8(10)6-7-4-2-1-3-5-7;/h4-8,12H,2-3,11H2,1H3;1-5,8-10H,6H2;1H. The van der Waals surface area contributed by atoms with Crippen molar-refractivity contribution in [3.05, 3.63) is 65.7 Å². The van der Waals surface area contributed by atoms with Gasteiger partial charge < -0.3 is 21.1 Å². The fourth-order valence-electron chi connectivity index (χ4n) is 1.88. The molecule has 2 rings (SSSR count). The van der Waals surface area contributed by atoms with E-state index in [1.807, 2.05) is 49.4 Å². The van der Waals surface area contributed by atoms with E-state index in [9.17, 15) is 0 Å². The van der Waals surface area contributed by atoms with Crippen molar-refractivity contribution in [3.8, 4) is 5.75 Å². The predicted octanol–water partition coefficient (Wildman–Crippen LogP) is 2.63. The fraction of sp³-hybridized carbons (Fsp3) is 0.333. The Morgan fingerprint density at radius 3 is 1.96 bits per heavy atom. The second-order valence-electron chi connectivity index (χ2n) is 5.35. The molecule has 0 radical (unpaired) electrons. The van der Waals surface area contributed by atoms with E-state index in [1.165, 1.54) is 5.56 Å². The molecule has 128 valence electrons. The Bertz CT molecular complexity index is 516. The highest BCUT2D eigenvalue weighted by atomic mass is 35.5.